The van der Waals surface area contributed by atoms with E-state index in [0.29, 0.717) is 40.6 Å². The van der Waals surface area contributed by atoms with Gasteiger partial charge in [-0.3, -0.25) is 14.0 Å². The maximum absolute atomic E-state index is 13.4. The quantitative estimate of drug-likeness (QED) is 0.725. The van der Waals surface area contributed by atoms with Crippen LogP contribution in [0.1, 0.15) is 34.6 Å². The summed E-state index contributed by atoms with van der Waals surface area (Å²) in [6, 6.07) is 10.7. The van der Waals surface area contributed by atoms with E-state index in [-0.39, 0.29) is 24.9 Å². The lowest BCUT2D eigenvalue weighted by Gasteiger charge is -2.18. The van der Waals surface area contributed by atoms with E-state index in [0.717, 1.165) is 0 Å². The Balaban J connectivity index is 0.00000225. The zero-order valence-corrected chi connectivity index (χ0v) is 16.3. The molecule has 1 unspecified atom stereocenters. The minimum atomic E-state index is -0.939. The molecule has 0 bridgehead atoms. The van der Waals surface area contributed by atoms with Crippen LogP contribution in [0.2, 0.25) is 0 Å². The van der Waals surface area contributed by atoms with E-state index in [4.69, 9.17) is 4.74 Å². The van der Waals surface area contributed by atoms with Gasteiger partial charge in [0.2, 0.25) is 0 Å². The van der Waals surface area contributed by atoms with E-state index in [1.165, 1.54) is 4.90 Å². The summed E-state index contributed by atoms with van der Waals surface area (Å²) in [6.07, 6.45) is 1.77. The number of aryl methyl sites for hydroxylation is 1. The van der Waals surface area contributed by atoms with E-state index in [1.807, 2.05) is 13.0 Å². The van der Waals surface area contributed by atoms with Crippen LogP contribution in [0.25, 0.3) is 5.65 Å². The Hall–Kier alpha value is -3.06. The lowest BCUT2D eigenvalue weighted by Crippen LogP contribution is -2.32. The zero-order chi connectivity index (χ0) is 19.1. The molecule has 1 N–H and O–H groups in total. The van der Waals surface area contributed by atoms with Gasteiger partial charge in [-0.2, -0.15) is 0 Å². The Morgan fingerprint density at radius 3 is 2.71 bits per heavy atom. The average Bonchev–Trinajstić information content (AvgIpc) is 3.20. The first-order valence-corrected chi connectivity index (χ1v) is 8.77. The fourth-order valence-corrected chi connectivity index (χ4v) is 3.62. The minimum absolute atomic E-state index is 0. The number of anilines is 1. The molecule has 4 rings (SSSR count). The lowest BCUT2D eigenvalue weighted by molar-refractivity contribution is -0.138. The summed E-state index contributed by atoms with van der Waals surface area (Å²) in [7, 11) is 0. The largest absolute Gasteiger partial charge is 0.490 e. The molecule has 1 aliphatic heterocycles. The highest BCUT2D eigenvalue weighted by Crippen LogP contribution is 2.37. The first-order chi connectivity index (χ1) is 13.0. The van der Waals surface area contributed by atoms with Gasteiger partial charge < -0.3 is 14.7 Å². The Morgan fingerprint density at radius 1 is 1.25 bits per heavy atom. The van der Waals surface area contributed by atoms with Crippen LogP contribution < -0.4 is 9.64 Å². The number of hydrogen-bond acceptors (Lipinski definition) is 4. The number of carboxylic acid groups (broad SMARTS) is 1. The first kappa shape index (κ1) is 19.7. The second-order valence-corrected chi connectivity index (χ2v) is 6.41. The van der Waals surface area contributed by atoms with Crippen molar-refractivity contribution in [2.24, 2.45) is 0 Å². The van der Waals surface area contributed by atoms with Crippen LogP contribution in [-0.4, -0.2) is 39.5 Å². The average molecular weight is 402 g/mol. The van der Waals surface area contributed by atoms with Crippen molar-refractivity contribution in [3.05, 3.63) is 59.5 Å². The number of carbonyl (C=O) groups excluding carboxylic acids is 1. The third-order valence-electron chi connectivity index (χ3n) is 4.80. The second kappa shape index (κ2) is 7.52. The monoisotopic (exact) mass is 401 g/mol. The van der Waals surface area contributed by atoms with Gasteiger partial charge in [0.05, 0.1) is 12.3 Å². The number of benzene rings is 1. The zero-order valence-electron chi connectivity index (χ0n) is 15.5. The number of amides is 1. The number of pyridine rings is 1. The van der Waals surface area contributed by atoms with Crippen molar-refractivity contribution < 1.29 is 19.4 Å². The molecular formula is C20H20ClN3O4. The van der Waals surface area contributed by atoms with Crippen LogP contribution >= 0.6 is 12.4 Å². The number of fused-ring (bicyclic) bond motifs is 2. The number of carboxylic acids is 1. The van der Waals surface area contributed by atoms with Crippen molar-refractivity contribution in [3.63, 3.8) is 0 Å². The summed E-state index contributed by atoms with van der Waals surface area (Å²) >= 11 is 0. The normalized spacial score (nSPS) is 15.2. The maximum Gasteiger partial charge on any atom is 0.312 e. The van der Waals surface area contributed by atoms with Crippen molar-refractivity contribution in [3.8, 4) is 5.75 Å². The molecule has 3 heterocycles. The van der Waals surface area contributed by atoms with E-state index < -0.39 is 11.9 Å². The Bertz CT molecular complexity index is 1060. The molecule has 8 heteroatoms. The van der Waals surface area contributed by atoms with Crippen LogP contribution in [0.15, 0.2) is 42.6 Å². The van der Waals surface area contributed by atoms with Crippen molar-refractivity contribution in [2.75, 3.05) is 18.1 Å². The molecule has 1 amide bonds. The summed E-state index contributed by atoms with van der Waals surface area (Å²) in [6.45, 7) is 4.26. The fraction of sp³-hybridized carbons (Fsp3) is 0.250. The molecule has 2 aromatic heterocycles. The van der Waals surface area contributed by atoms with E-state index in [9.17, 15) is 14.7 Å². The highest BCUT2D eigenvalue weighted by molar-refractivity contribution is 6.09. The number of ether oxygens (including phenoxy) is 1. The van der Waals surface area contributed by atoms with E-state index in [1.54, 1.807) is 47.9 Å². The molecule has 0 saturated heterocycles. The summed E-state index contributed by atoms with van der Waals surface area (Å²) in [4.78, 5) is 31.1. The Morgan fingerprint density at radius 2 is 2.00 bits per heavy atom. The minimum Gasteiger partial charge on any atom is -0.490 e. The van der Waals surface area contributed by atoms with Crippen LogP contribution in [0, 0.1) is 6.92 Å². The summed E-state index contributed by atoms with van der Waals surface area (Å²) in [5.41, 5.74) is 2.84. The number of aliphatic carboxylic acids is 1. The van der Waals surface area contributed by atoms with Crippen molar-refractivity contribution >= 4 is 35.6 Å². The van der Waals surface area contributed by atoms with Gasteiger partial charge in [0.25, 0.3) is 5.91 Å². The molecule has 0 fully saturated rings. The molecular weight excluding hydrogens is 382 g/mol. The van der Waals surface area contributed by atoms with Gasteiger partial charge in [-0.1, -0.05) is 18.2 Å². The fourth-order valence-electron chi connectivity index (χ4n) is 3.62. The standard InChI is InChI=1S/C20H19N3O4.ClH/c1-3-27-16-9-6-10-22-17(12(2)21-18(16)22)19(24)23-11-14(20(25)26)13-7-4-5-8-15(13)23;/h4-10,14H,3,11H2,1-2H3,(H,25,26);1H. The van der Waals surface area contributed by atoms with Gasteiger partial charge in [-0.15, -0.1) is 12.4 Å². The number of rotatable bonds is 4. The highest BCUT2D eigenvalue weighted by Gasteiger charge is 2.38. The SMILES string of the molecule is CCOc1cccn2c(C(=O)N3CC(C(=O)O)c4ccccc43)c(C)nc12.Cl. The predicted molar refractivity (Wildman–Crippen MR) is 107 cm³/mol. The molecule has 0 saturated carbocycles. The van der Waals surface area contributed by atoms with Crippen LogP contribution in [0.3, 0.4) is 0 Å². The smallest absolute Gasteiger partial charge is 0.312 e. The molecule has 0 spiro atoms. The van der Waals surface area contributed by atoms with Gasteiger partial charge in [-0.05, 0) is 37.6 Å². The van der Waals surface area contributed by atoms with E-state index >= 15 is 0 Å². The molecule has 1 aromatic carbocycles. The third kappa shape index (κ3) is 2.97. The number of halogens is 1. The number of nitrogens with zero attached hydrogens (tertiary/aromatic N) is 3. The van der Waals surface area contributed by atoms with Crippen molar-refractivity contribution in [1.82, 2.24) is 9.38 Å². The molecule has 0 aliphatic carbocycles. The molecule has 0 radical (unpaired) electrons. The number of imidazole rings is 1. The molecule has 28 heavy (non-hydrogen) atoms. The van der Waals surface area contributed by atoms with Crippen LogP contribution in [0.5, 0.6) is 5.75 Å². The van der Waals surface area contributed by atoms with E-state index in [2.05, 4.69) is 4.98 Å². The predicted octanol–water partition coefficient (Wildman–Crippen LogP) is 3.29. The number of carbonyl (C=O) groups is 2. The van der Waals surface area contributed by atoms with Crippen LogP contribution in [-0.2, 0) is 4.79 Å². The van der Waals surface area contributed by atoms with Crippen LogP contribution in [0.4, 0.5) is 5.69 Å². The Labute approximate surface area is 168 Å². The number of hydrogen-bond donors (Lipinski definition) is 1. The molecule has 3 aromatic rings. The maximum atomic E-state index is 13.4. The number of para-hydroxylation sites is 1. The molecule has 146 valence electrons. The summed E-state index contributed by atoms with van der Waals surface area (Å²) in [5.74, 6) is -1.34. The Kier molecular flexibility index (Phi) is 5.29. The second-order valence-electron chi connectivity index (χ2n) is 6.41. The van der Waals surface area contributed by atoms with Gasteiger partial charge >= 0.3 is 5.97 Å². The lowest BCUT2D eigenvalue weighted by atomic mass is 10.0. The third-order valence-corrected chi connectivity index (χ3v) is 4.80. The highest BCUT2D eigenvalue weighted by atomic mass is 35.5. The molecule has 1 atom stereocenters. The molecule has 7 nitrogen and oxygen atoms in total. The topological polar surface area (TPSA) is 84.1 Å². The van der Waals surface area contributed by atoms with Gasteiger partial charge in [0, 0.05) is 18.4 Å². The van der Waals surface area contributed by atoms with Crippen molar-refractivity contribution in [2.45, 2.75) is 19.8 Å². The van der Waals surface area contributed by atoms with Gasteiger partial charge in [0.1, 0.15) is 11.6 Å². The first-order valence-electron chi connectivity index (χ1n) is 8.77. The summed E-state index contributed by atoms with van der Waals surface area (Å²) in [5, 5.41) is 9.54. The number of aromatic nitrogens is 2. The van der Waals surface area contributed by atoms with Gasteiger partial charge in [0.15, 0.2) is 11.4 Å². The molecule has 1 aliphatic rings. The van der Waals surface area contributed by atoms with Crippen molar-refractivity contribution in [1.29, 1.82) is 0 Å². The van der Waals surface area contributed by atoms with Gasteiger partial charge in [-0.25, -0.2) is 4.98 Å². The summed E-state index contributed by atoms with van der Waals surface area (Å²) < 4.78 is 7.32.